The van der Waals surface area contributed by atoms with Crippen LogP contribution in [-0.2, 0) is 4.79 Å². The fourth-order valence-electron chi connectivity index (χ4n) is 3.23. The van der Waals surface area contributed by atoms with E-state index in [2.05, 4.69) is 37.4 Å². The van der Waals surface area contributed by atoms with Crippen molar-refractivity contribution in [3.8, 4) is 0 Å². The summed E-state index contributed by atoms with van der Waals surface area (Å²) in [6, 6.07) is 8.19. The Morgan fingerprint density at radius 1 is 1.32 bits per heavy atom. The van der Waals surface area contributed by atoms with E-state index in [1.165, 1.54) is 15.9 Å². The molecule has 98 valence electrons. The van der Waals surface area contributed by atoms with Gasteiger partial charge in [-0.15, -0.1) is 0 Å². The van der Waals surface area contributed by atoms with Gasteiger partial charge >= 0.3 is 6.03 Å². The van der Waals surface area contributed by atoms with E-state index in [9.17, 15) is 9.59 Å². The number of benzene rings is 1. The second-order valence-corrected chi connectivity index (χ2v) is 5.73. The molecule has 3 amide bonds. The summed E-state index contributed by atoms with van der Waals surface area (Å²) in [4.78, 5) is 25.0. The summed E-state index contributed by atoms with van der Waals surface area (Å²) in [5.74, 6) is 0.281. The lowest BCUT2D eigenvalue weighted by Crippen LogP contribution is -2.44. The number of nitrogens with zero attached hydrogens (tertiary/aromatic N) is 1. The van der Waals surface area contributed by atoms with Gasteiger partial charge in [-0.3, -0.25) is 9.69 Å². The second kappa shape index (κ2) is 4.12. The van der Waals surface area contributed by atoms with Gasteiger partial charge in [0.15, 0.2) is 0 Å². The van der Waals surface area contributed by atoms with E-state index >= 15 is 0 Å². The van der Waals surface area contributed by atoms with Gasteiger partial charge < -0.3 is 5.32 Å². The highest BCUT2D eigenvalue weighted by Crippen LogP contribution is 2.43. The average molecular weight is 256 g/mol. The van der Waals surface area contributed by atoms with Crippen LogP contribution in [0.1, 0.15) is 30.7 Å². The molecule has 0 radical (unpaired) electrons. The van der Waals surface area contributed by atoms with Crippen LogP contribution in [0, 0.1) is 0 Å². The first-order valence-corrected chi connectivity index (χ1v) is 6.69. The largest absolute Gasteiger partial charge is 0.324 e. The van der Waals surface area contributed by atoms with Crippen LogP contribution >= 0.6 is 0 Å². The average Bonchev–Trinajstić information content (AvgIpc) is 2.90. The Morgan fingerprint density at radius 3 is 2.58 bits per heavy atom. The van der Waals surface area contributed by atoms with E-state index in [0.717, 1.165) is 12.8 Å². The van der Waals surface area contributed by atoms with Gasteiger partial charge in [0.1, 0.15) is 13.4 Å². The summed E-state index contributed by atoms with van der Waals surface area (Å²) in [6.07, 6.45) is 2.40. The molecule has 1 aromatic carbocycles. The first-order valence-electron chi connectivity index (χ1n) is 6.69. The Kier molecular flexibility index (Phi) is 2.66. The summed E-state index contributed by atoms with van der Waals surface area (Å²) in [7, 11) is 3.61. The van der Waals surface area contributed by atoms with Crippen LogP contribution in [0.25, 0.3) is 0 Å². The van der Waals surface area contributed by atoms with Crippen molar-refractivity contribution in [3.63, 3.8) is 0 Å². The van der Waals surface area contributed by atoms with Gasteiger partial charge in [0.2, 0.25) is 0 Å². The van der Waals surface area contributed by atoms with Crippen molar-refractivity contribution >= 4 is 25.2 Å². The van der Waals surface area contributed by atoms with E-state index in [4.69, 9.17) is 0 Å². The molecule has 2 fully saturated rings. The molecular formula is C14H17BN2O2. The van der Waals surface area contributed by atoms with Gasteiger partial charge in [0.25, 0.3) is 5.91 Å². The number of hydrogen-bond donors (Lipinski definition) is 1. The Hall–Kier alpha value is -1.78. The zero-order chi connectivity index (χ0) is 13.6. The fraction of sp³-hybridized carbons (Fsp3) is 0.429. The van der Waals surface area contributed by atoms with Crippen LogP contribution in [0.15, 0.2) is 24.3 Å². The quantitative estimate of drug-likeness (QED) is 0.573. The SMILES string of the molecule is Bc1ccc([C@H]2CC[C@@]3(C2)NC(=O)N(C)C3=O)cc1. The van der Waals surface area contributed by atoms with Crippen LogP contribution in [0.2, 0.25) is 0 Å². The van der Waals surface area contributed by atoms with Crippen LogP contribution in [-0.4, -0.2) is 37.3 Å². The number of carbonyl (C=O) groups is 2. The van der Waals surface area contributed by atoms with Crippen molar-refractivity contribution in [3.05, 3.63) is 29.8 Å². The molecule has 1 aliphatic carbocycles. The number of hydrogen-bond acceptors (Lipinski definition) is 2. The van der Waals surface area contributed by atoms with Crippen LogP contribution in [0.4, 0.5) is 4.79 Å². The molecule has 1 spiro atoms. The number of likely N-dealkylation sites (N-methyl/N-ethyl adjacent to an activating group) is 1. The highest BCUT2D eigenvalue weighted by atomic mass is 16.2. The number of rotatable bonds is 1. The summed E-state index contributed by atoms with van der Waals surface area (Å²) in [5, 5.41) is 2.88. The van der Waals surface area contributed by atoms with Crippen LogP contribution < -0.4 is 10.8 Å². The lowest BCUT2D eigenvalue weighted by Gasteiger charge is -2.20. The van der Waals surface area contributed by atoms with Gasteiger partial charge in [0.05, 0.1) is 0 Å². The van der Waals surface area contributed by atoms with Crippen molar-refractivity contribution in [1.82, 2.24) is 10.2 Å². The Balaban J connectivity index is 1.83. The molecule has 0 aromatic heterocycles. The minimum absolute atomic E-state index is 0.0767. The lowest BCUT2D eigenvalue weighted by molar-refractivity contribution is -0.130. The van der Waals surface area contributed by atoms with Gasteiger partial charge in [-0.1, -0.05) is 29.7 Å². The first-order chi connectivity index (χ1) is 9.02. The van der Waals surface area contributed by atoms with Crippen molar-refractivity contribution in [1.29, 1.82) is 0 Å². The highest BCUT2D eigenvalue weighted by Gasteiger charge is 2.53. The molecule has 1 saturated heterocycles. The molecule has 1 saturated carbocycles. The number of amides is 3. The molecule has 1 aliphatic heterocycles. The molecule has 5 heteroatoms. The standard InChI is InChI=1S/C14H17BN2O2/c1-17-12(18)14(16-13(17)19)7-6-10(8-14)9-2-4-11(15)5-3-9/h2-5,10H,6-8,15H2,1H3,(H,16,19)/t10-,14-/m0/s1. The predicted octanol–water partition coefficient (Wildman–Crippen LogP) is 0.133. The maximum Gasteiger partial charge on any atom is 0.324 e. The maximum atomic E-state index is 12.2. The van der Waals surface area contributed by atoms with E-state index in [-0.39, 0.29) is 11.9 Å². The summed E-state index contributed by atoms with van der Waals surface area (Å²) in [5.41, 5.74) is 1.85. The summed E-state index contributed by atoms with van der Waals surface area (Å²) >= 11 is 0. The van der Waals surface area contributed by atoms with Crippen molar-refractivity contribution < 1.29 is 9.59 Å². The smallest absolute Gasteiger partial charge is 0.323 e. The Labute approximate surface area is 113 Å². The molecular weight excluding hydrogens is 239 g/mol. The molecule has 2 atom stereocenters. The number of urea groups is 1. The van der Waals surface area contributed by atoms with Gasteiger partial charge in [0, 0.05) is 7.05 Å². The second-order valence-electron chi connectivity index (χ2n) is 5.73. The van der Waals surface area contributed by atoms with E-state index in [0.29, 0.717) is 12.3 Å². The molecule has 0 bridgehead atoms. The number of carbonyl (C=O) groups excluding carboxylic acids is 2. The van der Waals surface area contributed by atoms with E-state index in [1.54, 1.807) is 7.05 Å². The van der Waals surface area contributed by atoms with E-state index < -0.39 is 5.54 Å². The zero-order valence-electron chi connectivity index (χ0n) is 11.3. The monoisotopic (exact) mass is 256 g/mol. The van der Waals surface area contributed by atoms with E-state index in [1.807, 2.05) is 0 Å². The third-order valence-electron chi connectivity index (χ3n) is 4.43. The molecule has 1 aromatic rings. The first kappa shape index (κ1) is 12.3. The molecule has 1 heterocycles. The van der Waals surface area contributed by atoms with Crippen molar-refractivity contribution in [2.45, 2.75) is 30.7 Å². The predicted molar refractivity (Wildman–Crippen MR) is 75.2 cm³/mol. The third kappa shape index (κ3) is 1.84. The Bertz CT molecular complexity index is 543. The van der Waals surface area contributed by atoms with Gasteiger partial charge in [-0.05, 0) is 30.7 Å². The fourth-order valence-corrected chi connectivity index (χ4v) is 3.23. The summed E-state index contributed by atoms with van der Waals surface area (Å²) in [6.45, 7) is 0. The molecule has 2 aliphatic rings. The molecule has 1 N–H and O–H groups in total. The van der Waals surface area contributed by atoms with Crippen LogP contribution in [0.3, 0.4) is 0 Å². The molecule has 3 rings (SSSR count). The molecule has 19 heavy (non-hydrogen) atoms. The minimum Gasteiger partial charge on any atom is -0.323 e. The lowest BCUT2D eigenvalue weighted by atomic mass is 9.89. The topological polar surface area (TPSA) is 49.4 Å². The number of nitrogens with one attached hydrogen (secondary N) is 1. The zero-order valence-corrected chi connectivity index (χ0v) is 11.3. The molecule has 0 unspecified atom stereocenters. The minimum atomic E-state index is -0.651. The van der Waals surface area contributed by atoms with Crippen molar-refractivity contribution in [2.75, 3.05) is 7.05 Å². The molecule has 4 nitrogen and oxygen atoms in total. The maximum absolute atomic E-state index is 12.2. The number of imide groups is 1. The summed E-state index contributed by atoms with van der Waals surface area (Å²) < 4.78 is 0. The van der Waals surface area contributed by atoms with Crippen molar-refractivity contribution in [2.24, 2.45) is 0 Å². The van der Waals surface area contributed by atoms with Gasteiger partial charge in [-0.25, -0.2) is 4.79 Å². The highest BCUT2D eigenvalue weighted by molar-refractivity contribution is 6.32. The van der Waals surface area contributed by atoms with Gasteiger partial charge in [-0.2, -0.15) is 0 Å². The van der Waals surface area contributed by atoms with Crippen LogP contribution in [0.5, 0.6) is 0 Å². The normalized spacial score (nSPS) is 30.2. The third-order valence-corrected chi connectivity index (χ3v) is 4.43. The Morgan fingerprint density at radius 2 is 2.00 bits per heavy atom.